The van der Waals surface area contributed by atoms with Gasteiger partial charge in [0.05, 0.1) is 0 Å². The lowest BCUT2D eigenvalue weighted by molar-refractivity contribution is -0.136. The van der Waals surface area contributed by atoms with Crippen LogP contribution in [0.25, 0.3) is 0 Å². The second-order valence-corrected chi connectivity index (χ2v) is 2.26. The third kappa shape index (κ3) is 4.29. The molecule has 0 fully saturated rings. The summed E-state index contributed by atoms with van der Waals surface area (Å²) in [5.41, 5.74) is 0. The first-order valence-electron chi connectivity index (χ1n) is 2.58. The van der Waals surface area contributed by atoms with Gasteiger partial charge in [0, 0.05) is 13.7 Å². The highest BCUT2D eigenvalue weighted by molar-refractivity contribution is 7.81. The Morgan fingerprint density at radius 2 is 2.44 bits per heavy atom. The van der Waals surface area contributed by atoms with E-state index in [0.717, 1.165) is 0 Å². The van der Waals surface area contributed by atoms with Crippen molar-refractivity contribution in [1.29, 1.82) is 0 Å². The zero-order valence-corrected chi connectivity index (χ0v) is 6.10. The SMILES string of the molecule is COCCC(S)C(=O)O. The van der Waals surface area contributed by atoms with E-state index in [9.17, 15) is 4.79 Å². The van der Waals surface area contributed by atoms with Gasteiger partial charge >= 0.3 is 5.97 Å². The van der Waals surface area contributed by atoms with Gasteiger partial charge in [0.25, 0.3) is 0 Å². The Labute approximate surface area is 59.4 Å². The van der Waals surface area contributed by atoms with Crippen LogP contribution in [0.2, 0.25) is 0 Å². The lowest BCUT2D eigenvalue weighted by Crippen LogP contribution is -2.15. The molecule has 0 aromatic rings. The van der Waals surface area contributed by atoms with Gasteiger partial charge in [-0.3, -0.25) is 4.79 Å². The summed E-state index contributed by atoms with van der Waals surface area (Å²) in [5.74, 6) is -0.893. The average molecular weight is 150 g/mol. The van der Waals surface area contributed by atoms with Crippen molar-refractivity contribution >= 4 is 18.6 Å². The van der Waals surface area contributed by atoms with Crippen LogP contribution in [0.15, 0.2) is 0 Å². The van der Waals surface area contributed by atoms with Crippen molar-refractivity contribution in [3.63, 3.8) is 0 Å². The molecule has 0 rings (SSSR count). The molecule has 1 unspecified atom stereocenters. The molecule has 0 aliphatic carbocycles. The molecule has 0 aromatic carbocycles. The molecule has 9 heavy (non-hydrogen) atoms. The molecule has 0 bridgehead atoms. The summed E-state index contributed by atoms with van der Waals surface area (Å²) < 4.78 is 4.65. The molecule has 0 heterocycles. The van der Waals surface area contributed by atoms with E-state index < -0.39 is 11.2 Å². The van der Waals surface area contributed by atoms with Crippen LogP contribution < -0.4 is 0 Å². The number of carbonyl (C=O) groups is 1. The van der Waals surface area contributed by atoms with Crippen molar-refractivity contribution in [3.8, 4) is 0 Å². The highest BCUT2D eigenvalue weighted by atomic mass is 32.1. The van der Waals surface area contributed by atoms with Crippen LogP contribution in [0.4, 0.5) is 0 Å². The summed E-state index contributed by atoms with van der Waals surface area (Å²) in [4.78, 5) is 10.1. The monoisotopic (exact) mass is 150 g/mol. The van der Waals surface area contributed by atoms with E-state index in [1.807, 2.05) is 0 Å². The molecule has 54 valence electrons. The van der Waals surface area contributed by atoms with E-state index >= 15 is 0 Å². The number of thiol groups is 1. The number of carboxylic acid groups (broad SMARTS) is 1. The summed E-state index contributed by atoms with van der Waals surface area (Å²) in [7, 11) is 1.53. The van der Waals surface area contributed by atoms with E-state index in [4.69, 9.17) is 5.11 Å². The predicted octanol–water partition coefficient (Wildman–Crippen LogP) is 0.406. The molecule has 4 heteroatoms. The normalized spacial score (nSPS) is 13.1. The number of hydrogen-bond acceptors (Lipinski definition) is 3. The number of hydrogen-bond donors (Lipinski definition) is 2. The molecule has 3 nitrogen and oxygen atoms in total. The van der Waals surface area contributed by atoms with Crippen LogP contribution in [0, 0.1) is 0 Å². The Morgan fingerprint density at radius 1 is 1.89 bits per heavy atom. The third-order valence-corrected chi connectivity index (χ3v) is 1.36. The third-order valence-electron chi connectivity index (χ3n) is 0.880. The quantitative estimate of drug-likeness (QED) is 0.570. The topological polar surface area (TPSA) is 46.5 Å². The van der Waals surface area contributed by atoms with Crippen molar-refractivity contribution < 1.29 is 14.6 Å². The molecule has 1 N–H and O–H groups in total. The first-order valence-corrected chi connectivity index (χ1v) is 3.10. The Morgan fingerprint density at radius 3 is 2.78 bits per heavy atom. The highest BCUT2D eigenvalue weighted by Gasteiger charge is 2.09. The number of carboxylic acids is 1. The van der Waals surface area contributed by atoms with Crippen LogP contribution in [-0.2, 0) is 9.53 Å². The second-order valence-electron chi connectivity index (χ2n) is 1.64. The van der Waals surface area contributed by atoms with Crippen LogP contribution in [-0.4, -0.2) is 30.0 Å². The van der Waals surface area contributed by atoms with Crippen LogP contribution in [0.1, 0.15) is 6.42 Å². The van der Waals surface area contributed by atoms with Crippen LogP contribution >= 0.6 is 12.6 Å². The Hall–Kier alpha value is -0.220. The summed E-state index contributed by atoms with van der Waals surface area (Å²) in [6, 6.07) is 0. The Balaban J connectivity index is 3.27. The molecule has 0 spiro atoms. The minimum atomic E-state index is -0.893. The van der Waals surface area contributed by atoms with Crippen molar-refractivity contribution in [3.05, 3.63) is 0 Å². The maximum absolute atomic E-state index is 10.1. The van der Waals surface area contributed by atoms with Crippen LogP contribution in [0.3, 0.4) is 0 Å². The molecular formula is C5H10O3S. The zero-order valence-electron chi connectivity index (χ0n) is 5.20. The fourth-order valence-electron chi connectivity index (χ4n) is 0.353. The van der Waals surface area contributed by atoms with Gasteiger partial charge in [-0.15, -0.1) is 0 Å². The first-order chi connectivity index (χ1) is 4.18. The van der Waals surface area contributed by atoms with E-state index in [-0.39, 0.29) is 0 Å². The summed E-state index contributed by atoms with van der Waals surface area (Å²) >= 11 is 3.78. The van der Waals surface area contributed by atoms with E-state index in [0.29, 0.717) is 13.0 Å². The van der Waals surface area contributed by atoms with Gasteiger partial charge in [-0.05, 0) is 6.42 Å². The maximum Gasteiger partial charge on any atom is 0.316 e. The van der Waals surface area contributed by atoms with E-state index in [2.05, 4.69) is 17.4 Å². The molecule has 0 aromatic heterocycles. The molecular weight excluding hydrogens is 140 g/mol. The summed E-state index contributed by atoms with van der Waals surface area (Å²) in [6.07, 6.45) is 0.453. The molecule has 0 radical (unpaired) electrons. The fraction of sp³-hybridized carbons (Fsp3) is 0.800. The molecule has 0 saturated carbocycles. The Kier molecular flexibility index (Phi) is 4.53. The average Bonchev–Trinajstić information content (AvgIpc) is 1.82. The fourth-order valence-corrected chi connectivity index (χ4v) is 0.458. The second kappa shape index (κ2) is 4.64. The molecule has 1 atom stereocenters. The minimum Gasteiger partial charge on any atom is -0.480 e. The molecule has 0 aliphatic rings. The van der Waals surface area contributed by atoms with Crippen molar-refractivity contribution in [2.24, 2.45) is 0 Å². The lowest BCUT2D eigenvalue weighted by atomic mass is 10.3. The van der Waals surface area contributed by atoms with Crippen molar-refractivity contribution in [1.82, 2.24) is 0 Å². The number of methoxy groups -OCH3 is 1. The molecule has 0 aliphatic heterocycles. The summed E-state index contributed by atoms with van der Waals surface area (Å²) in [5, 5.41) is 7.68. The highest BCUT2D eigenvalue weighted by Crippen LogP contribution is 2.00. The van der Waals surface area contributed by atoms with Crippen LogP contribution in [0.5, 0.6) is 0 Å². The molecule has 0 amide bonds. The standard InChI is InChI=1S/C5H10O3S/c1-8-3-2-4(9)5(6)7/h4,9H,2-3H2,1H3,(H,6,7). The van der Waals surface area contributed by atoms with Gasteiger partial charge in [0.15, 0.2) is 0 Å². The van der Waals surface area contributed by atoms with Crippen molar-refractivity contribution in [2.45, 2.75) is 11.7 Å². The first kappa shape index (κ1) is 8.78. The van der Waals surface area contributed by atoms with Gasteiger partial charge in [-0.2, -0.15) is 12.6 Å². The van der Waals surface area contributed by atoms with E-state index in [1.54, 1.807) is 0 Å². The van der Waals surface area contributed by atoms with Gasteiger partial charge in [0.2, 0.25) is 0 Å². The lowest BCUT2D eigenvalue weighted by Gasteiger charge is -2.01. The minimum absolute atomic E-state index is 0.445. The van der Waals surface area contributed by atoms with E-state index in [1.165, 1.54) is 7.11 Å². The largest absolute Gasteiger partial charge is 0.480 e. The Bertz CT molecular complexity index is 94.2. The summed E-state index contributed by atoms with van der Waals surface area (Å²) in [6.45, 7) is 0.445. The number of rotatable bonds is 4. The zero-order chi connectivity index (χ0) is 7.28. The van der Waals surface area contributed by atoms with Gasteiger partial charge in [-0.25, -0.2) is 0 Å². The molecule has 0 saturated heterocycles. The number of aliphatic carboxylic acids is 1. The number of ether oxygens (including phenoxy) is 1. The van der Waals surface area contributed by atoms with Crippen molar-refractivity contribution in [2.75, 3.05) is 13.7 Å². The van der Waals surface area contributed by atoms with Gasteiger partial charge in [-0.1, -0.05) is 0 Å². The maximum atomic E-state index is 10.1. The van der Waals surface area contributed by atoms with Gasteiger partial charge < -0.3 is 9.84 Å². The smallest absolute Gasteiger partial charge is 0.316 e. The van der Waals surface area contributed by atoms with Gasteiger partial charge in [0.1, 0.15) is 5.25 Å². The predicted molar refractivity (Wildman–Crippen MR) is 36.9 cm³/mol.